The Balaban J connectivity index is 2.34. The summed E-state index contributed by atoms with van der Waals surface area (Å²) in [4.78, 5) is 11.5. The molecule has 1 amide bonds. The minimum absolute atomic E-state index is 0.00155. The highest BCUT2D eigenvalue weighted by Gasteiger charge is 2.42. The van der Waals surface area contributed by atoms with Crippen molar-refractivity contribution in [3.05, 3.63) is 0 Å². The number of rotatable bonds is 6. The first-order valence-corrected chi connectivity index (χ1v) is 5.57. The van der Waals surface area contributed by atoms with E-state index >= 15 is 0 Å². The average molecular weight is 248 g/mol. The van der Waals surface area contributed by atoms with Crippen molar-refractivity contribution < 1.29 is 24.5 Å². The van der Waals surface area contributed by atoms with Gasteiger partial charge in [-0.2, -0.15) is 0 Å². The van der Waals surface area contributed by atoms with E-state index in [4.69, 9.17) is 15.2 Å². The van der Waals surface area contributed by atoms with Crippen LogP contribution in [0.25, 0.3) is 0 Å². The summed E-state index contributed by atoms with van der Waals surface area (Å²) in [5.41, 5.74) is 5.36. The van der Waals surface area contributed by atoms with Crippen LogP contribution in [0.1, 0.15) is 6.42 Å². The van der Waals surface area contributed by atoms with Crippen molar-refractivity contribution in [3.63, 3.8) is 0 Å². The van der Waals surface area contributed by atoms with Gasteiger partial charge in [0.15, 0.2) is 0 Å². The molecule has 0 aromatic carbocycles. The van der Waals surface area contributed by atoms with E-state index in [2.05, 4.69) is 5.32 Å². The maximum atomic E-state index is 11.5. The molecule has 4 unspecified atom stereocenters. The van der Waals surface area contributed by atoms with Crippen molar-refractivity contribution >= 4 is 5.91 Å². The van der Waals surface area contributed by atoms with Crippen LogP contribution in [0, 0.1) is 0 Å². The summed E-state index contributed by atoms with van der Waals surface area (Å²) in [5, 5.41) is 21.8. The smallest absolute Gasteiger partial charge is 0.222 e. The van der Waals surface area contributed by atoms with Gasteiger partial charge in [-0.05, 0) is 0 Å². The van der Waals surface area contributed by atoms with Gasteiger partial charge in [-0.1, -0.05) is 0 Å². The van der Waals surface area contributed by atoms with E-state index in [1.165, 1.54) is 7.11 Å². The van der Waals surface area contributed by atoms with Crippen LogP contribution in [0.3, 0.4) is 0 Å². The third-order valence-electron chi connectivity index (χ3n) is 2.71. The number of amides is 1. The van der Waals surface area contributed by atoms with Crippen molar-refractivity contribution in [1.82, 2.24) is 5.32 Å². The number of nitrogens with two attached hydrogens (primary N) is 1. The molecule has 1 rings (SSSR count). The normalized spacial score (nSPS) is 32.7. The second-order valence-electron chi connectivity index (χ2n) is 3.98. The summed E-state index contributed by atoms with van der Waals surface area (Å²) in [5.74, 6) is -0.254. The summed E-state index contributed by atoms with van der Waals surface area (Å²) in [6, 6.07) is 0. The molecule has 7 nitrogen and oxygen atoms in total. The van der Waals surface area contributed by atoms with E-state index in [1.54, 1.807) is 0 Å². The lowest BCUT2D eigenvalue weighted by atomic mass is 10.1. The third kappa shape index (κ3) is 3.90. The topological polar surface area (TPSA) is 114 Å². The van der Waals surface area contributed by atoms with Crippen molar-refractivity contribution in [2.45, 2.75) is 30.8 Å². The summed E-state index contributed by atoms with van der Waals surface area (Å²) >= 11 is 0. The predicted molar refractivity (Wildman–Crippen MR) is 59.2 cm³/mol. The molecule has 0 spiro atoms. The van der Waals surface area contributed by atoms with Crippen LogP contribution < -0.4 is 11.1 Å². The van der Waals surface area contributed by atoms with E-state index in [-0.39, 0.29) is 18.9 Å². The molecule has 1 saturated heterocycles. The number of hydrogen-bond acceptors (Lipinski definition) is 6. The standard InChI is InChI=1S/C10H20N2O5/c1-16-3-2-12-8(13)4-6-9(14)10(15)7(5-11)17-6/h6-7,9-10,14-15H,2-5,11H2,1H3,(H,12,13). The Morgan fingerprint density at radius 1 is 1.41 bits per heavy atom. The number of hydrogen-bond donors (Lipinski definition) is 4. The minimum Gasteiger partial charge on any atom is -0.388 e. The van der Waals surface area contributed by atoms with E-state index in [1.807, 2.05) is 0 Å². The molecule has 1 aliphatic heterocycles. The maximum absolute atomic E-state index is 11.5. The Morgan fingerprint density at radius 2 is 2.06 bits per heavy atom. The number of carbonyl (C=O) groups excluding carboxylic acids is 1. The Hall–Kier alpha value is -0.730. The van der Waals surface area contributed by atoms with Gasteiger partial charge >= 0.3 is 0 Å². The van der Waals surface area contributed by atoms with E-state index in [9.17, 15) is 15.0 Å². The molecule has 7 heteroatoms. The van der Waals surface area contributed by atoms with E-state index in [0.29, 0.717) is 13.2 Å². The van der Waals surface area contributed by atoms with E-state index < -0.39 is 24.4 Å². The molecule has 5 N–H and O–H groups in total. The highest BCUT2D eigenvalue weighted by atomic mass is 16.5. The highest BCUT2D eigenvalue weighted by molar-refractivity contribution is 5.76. The predicted octanol–water partition coefficient (Wildman–Crippen LogP) is -2.41. The van der Waals surface area contributed by atoms with Crippen LogP contribution in [0.15, 0.2) is 0 Å². The van der Waals surface area contributed by atoms with Gasteiger partial charge in [-0.3, -0.25) is 4.79 Å². The molecule has 17 heavy (non-hydrogen) atoms. The number of nitrogens with one attached hydrogen (secondary N) is 1. The van der Waals surface area contributed by atoms with Gasteiger partial charge in [0.1, 0.15) is 12.2 Å². The van der Waals surface area contributed by atoms with Crippen LogP contribution in [-0.2, 0) is 14.3 Å². The lowest BCUT2D eigenvalue weighted by Gasteiger charge is -2.14. The van der Waals surface area contributed by atoms with Gasteiger partial charge in [0, 0.05) is 20.2 Å². The fourth-order valence-corrected chi connectivity index (χ4v) is 1.74. The van der Waals surface area contributed by atoms with Gasteiger partial charge in [0.2, 0.25) is 5.91 Å². The number of carbonyl (C=O) groups is 1. The molecule has 0 saturated carbocycles. The number of aliphatic hydroxyl groups is 2. The zero-order valence-electron chi connectivity index (χ0n) is 9.83. The first kappa shape index (κ1) is 14.3. The zero-order valence-corrected chi connectivity index (χ0v) is 9.83. The van der Waals surface area contributed by atoms with Gasteiger partial charge in [0.25, 0.3) is 0 Å². The second kappa shape index (κ2) is 6.87. The van der Waals surface area contributed by atoms with Crippen LogP contribution in [0.5, 0.6) is 0 Å². The molecular formula is C10H20N2O5. The molecular weight excluding hydrogens is 228 g/mol. The molecule has 0 aliphatic carbocycles. The van der Waals surface area contributed by atoms with Gasteiger partial charge in [-0.15, -0.1) is 0 Å². The SMILES string of the molecule is COCCNC(=O)CC1OC(CN)C(O)C1O. The summed E-state index contributed by atoms with van der Waals surface area (Å²) < 4.78 is 10.1. The molecule has 1 fully saturated rings. The molecule has 0 bridgehead atoms. The van der Waals surface area contributed by atoms with Crippen LogP contribution in [-0.4, -0.2) is 67.3 Å². The molecule has 0 aromatic rings. The van der Waals surface area contributed by atoms with Crippen molar-refractivity contribution in [1.29, 1.82) is 0 Å². The molecule has 1 aliphatic rings. The summed E-state index contributed by atoms with van der Waals surface area (Å²) in [7, 11) is 1.54. The Morgan fingerprint density at radius 3 is 2.59 bits per heavy atom. The Bertz CT molecular complexity index is 251. The molecule has 1 heterocycles. The quantitative estimate of drug-likeness (QED) is 0.389. The van der Waals surface area contributed by atoms with Crippen LogP contribution >= 0.6 is 0 Å². The molecule has 0 radical (unpaired) electrons. The minimum atomic E-state index is -1.07. The van der Waals surface area contributed by atoms with E-state index in [0.717, 1.165) is 0 Å². The molecule has 0 aromatic heterocycles. The van der Waals surface area contributed by atoms with Crippen LogP contribution in [0.2, 0.25) is 0 Å². The highest BCUT2D eigenvalue weighted by Crippen LogP contribution is 2.22. The molecule has 4 atom stereocenters. The lowest BCUT2D eigenvalue weighted by molar-refractivity contribution is -0.125. The van der Waals surface area contributed by atoms with Gasteiger partial charge in [0.05, 0.1) is 25.2 Å². The Kier molecular flexibility index (Phi) is 5.79. The Labute approximate surface area is 99.9 Å². The van der Waals surface area contributed by atoms with Crippen LogP contribution in [0.4, 0.5) is 0 Å². The maximum Gasteiger partial charge on any atom is 0.222 e. The third-order valence-corrected chi connectivity index (χ3v) is 2.71. The van der Waals surface area contributed by atoms with Crippen molar-refractivity contribution in [2.24, 2.45) is 5.73 Å². The summed E-state index contributed by atoms with van der Waals surface area (Å²) in [6.45, 7) is 0.939. The van der Waals surface area contributed by atoms with Crippen molar-refractivity contribution in [3.8, 4) is 0 Å². The fourth-order valence-electron chi connectivity index (χ4n) is 1.74. The monoisotopic (exact) mass is 248 g/mol. The van der Waals surface area contributed by atoms with Crippen molar-refractivity contribution in [2.75, 3.05) is 26.8 Å². The number of ether oxygens (including phenoxy) is 2. The lowest BCUT2D eigenvalue weighted by Crippen LogP contribution is -2.37. The fraction of sp³-hybridized carbons (Fsp3) is 0.900. The second-order valence-corrected chi connectivity index (χ2v) is 3.98. The number of aliphatic hydroxyl groups excluding tert-OH is 2. The first-order valence-electron chi connectivity index (χ1n) is 5.57. The largest absolute Gasteiger partial charge is 0.388 e. The first-order chi connectivity index (χ1) is 8.10. The van der Waals surface area contributed by atoms with Gasteiger partial charge in [-0.25, -0.2) is 0 Å². The average Bonchev–Trinajstić information content (AvgIpc) is 2.57. The number of methoxy groups -OCH3 is 1. The summed E-state index contributed by atoms with van der Waals surface area (Å²) in [6.07, 6.45) is -3.42. The zero-order chi connectivity index (χ0) is 12.8. The van der Waals surface area contributed by atoms with Gasteiger partial charge < -0.3 is 30.7 Å². The molecule has 100 valence electrons.